The molecule has 5 heteroatoms. The van der Waals surface area contributed by atoms with Gasteiger partial charge in [-0.3, -0.25) is 0 Å². The van der Waals surface area contributed by atoms with E-state index in [0.717, 1.165) is 5.56 Å². The Balaban J connectivity index is 2.15. The Bertz CT molecular complexity index is 542. The van der Waals surface area contributed by atoms with E-state index in [-0.39, 0.29) is 16.9 Å². The summed E-state index contributed by atoms with van der Waals surface area (Å²) in [6.45, 7) is 1.92. The first-order valence-electron chi connectivity index (χ1n) is 5.49. The lowest BCUT2D eigenvalue weighted by Gasteiger charge is -2.15. The van der Waals surface area contributed by atoms with Crippen LogP contribution < -0.4 is 11.1 Å². The van der Waals surface area contributed by atoms with E-state index in [1.165, 1.54) is 12.3 Å². The molecule has 0 amide bonds. The lowest BCUT2D eigenvalue weighted by molar-refractivity contribution is 0.621. The minimum absolute atomic E-state index is 0.0752. The van der Waals surface area contributed by atoms with E-state index in [1.54, 1.807) is 12.1 Å². The molecule has 3 nitrogen and oxygen atoms in total. The maximum Gasteiger partial charge on any atom is 0.166 e. The Morgan fingerprint density at radius 1 is 1.33 bits per heavy atom. The first-order chi connectivity index (χ1) is 8.56. The summed E-state index contributed by atoms with van der Waals surface area (Å²) in [5, 5.41) is 3.26. The third-order valence-corrected chi connectivity index (χ3v) is 2.80. The largest absolute Gasteiger partial charge is 0.399 e. The standard InChI is InChI=1S/C13H13ClFN3/c1-8(9-2-4-11(16)5-3-9)18-13-12(15)6-10(14)7-17-13/h2-8H,16H2,1H3,(H,17,18). The zero-order valence-electron chi connectivity index (χ0n) is 9.82. The van der Waals surface area contributed by atoms with Crippen LogP contribution in [-0.2, 0) is 0 Å². The first-order valence-corrected chi connectivity index (χ1v) is 5.87. The van der Waals surface area contributed by atoms with Crippen LogP contribution in [0.4, 0.5) is 15.9 Å². The second-order valence-corrected chi connectivity index (χ2v) is 4.45. The summed E-state index contributed by atoms with van der Waals surface area (Å²) in [6, 6.07) is 8.54. The lowest BCUT2D eigenvalue weighted by atomic mass is 10.1. The van der Waals surface area contributed by atoms with Gasteiger partial charge in [-0.1, -0.05) is 23.7 Å². The molecule has 1 unspecified atom stereocenters. The fourth-order valence-electron chi connectivity index (χ4n) is 1.59. The van der Waals surface area contributed by atoms with E-state index < -0.39 is 5.82 Å². The summed E-state index contributed by atoms with van der Waals surface area (Å²) < 4.78 is 13.6. The second kappa shape index (κ2) is 5.23. The van der Waals surface area contributed by atoms with E-state index in [1.807, 2.05) is 19.1 Å². The maximum absolute atomic E-state index is 13.6. The highest BCUT2D eigenvalue weighted by atomic mass is 35.5. The van der Waals surface area contributed by atoms with Crippen LogP contribution >= 0.6 is 11.6 Å². The van der Waals surface area contributed by atoms with Gasteiger partial charge in [-0.15, -0.1) is 0 Å². The quantitative estimate of drug-likeness (QED) is 0.833. The Morgan fingerprint density at radius 2 is 2.00 bits per heavy atom. The molecule has 1 atom stereocenters. The van der Waals surface area contributed by atoms with Gasteiger partial charge in [0.25, 0.3) is 0 Å². The molecule has 0 aliphatic carbocycles. The zero-order chi connectivity index (χ0) is 13.1. The normalized spacial score (nSPS) is 12.2. The average Bonchev–Trinajstić information content (AvgIpc) is 2.33. The molecule has 0 saturated heterocycles. The van der Waals surface area contributed by atoms with Gasteiger partial charge >= 0.3 is 0 Å². The number of rotatable bonds is 3. The number of benzene rings is 1. The Kier molecular flexibility index (Phi) is 3.67. The molecule has 0 saturated carbocycles. The molecule has 0 fully saturated rings. The van der Waals surface area contributed by atoms with Crippen molar-refractivity contribution in [1.29, 1.82) is 0 Å². The topological polar surface area (TPSA) is 50.9 Å². The lowest BCUT2D eigenvalue weighted by Crippen LogP contribution is -2.09. The molecule has 2 rings (SSSR count). The molecule has 0 aliphatic rings. The van der Waals surface area contributed by atoms with Crippen LogP contribution in [-0.4, -0.2) is 4.98 Å². The number of halogens is 2. The molecule has 18 heavy (non-hydrogen) atoms. The predicted octanol–water partition coefficient (Wildman–Crippen LogP) is 3.63. The van der Waals surface area contributed by atoms with Crippen molar-refractivity contribution in [3.63, 3.8) is 0 Å². The molecule has 1 aromatic carbocycles. The van der Waals surface area contributed by atoms with Gasteiger partial charge in [0.1, 0.15) is 0 Å². The number of nitrogens with zero attached hydrogens (tertiary/aromatic N) is 1. The van der Waals surface area contributed by atoms with Gasteiger partial charge in [0, 0.05) is 11.9 Å². The minimum Gasteiger partial charge on any atom is -0.399 e. The smallest absolute Gasteiger partial charge is 0.166 e. The van der Waals surface area contributed by atoms with Gasteiger partial charge in [-0.2, -0.15) is 0 Å². The van der Waals surface area contributed by atoms with Crippen molar-refractivity contribution < 1.29 is 4.39 Å². The van der Waals surface area contributed by atoms with E-state index in [9.17, 15) is 4.39 Å². The Hall–Kier alpha value is -1.81. The van der Waals surface area contributed by atoms with Crippen molar-refractivity contribution in [2.45, 2.75) is 13.0 Å². The van der Waals surface area contributed by atoms with E-state index in [0.29, 0.717) is 5.69 Å². The summed E-state index contributed by atoms with van der Waals surface area (Å²) in [4.78, 5) is 3.92. The SMILES string of the molecule is CC(Nc1ncc(Cl)cc1F)c1ccc(N)cc1. The molecule has 0 radical (unpaired) electrons. The number of nitrogen functional groups attached to an aromatic ring is 1. The van der Waals surface area contributed by atoms with Crippen molar-refractivity contribution in [2.24, 2.45) is 0 Å². The molecule has 1 aromatic heterocycles. The van der Waals surface area contributed by atoms with E-state index >= 15 is 0 Å². The number of nitrogens with one attached hydrogen (secondary N) is 1. The number of pyridine rings is 1. The molecule has 1 heterocycles. The highest BCUT2D eigenvalue weighted by molar-refractivity contribution is 6.30. The number of hydrogen-bond acceptors (Lipinski definition) is 3. The molecule has 2 aromatic rings. The third kappa shape index (κ3) is 2.90. The van der Waals surface area contributed by atoms with Crippen LogP contribution in [0, 0.1) is 5.82 Å². The van der Waals surface area contributed by atoms with Crippen molar-refractivity contribution in [3.8, 4) is 0 Å². The van der Waals surface area contributed by atoms with Crippen molar-refractivity contribution in [2.75, 3.05) is 11.1 Å². The highest BCUT2D eigenvalue weighted by Gasteiger charge is 2.10. The van der Waals surface area contributed by atoms with Crippen LogP contribution in [0.2, 0.25) is 5.02 Å². The second-order valence-electron chi connectivity index (χ2n) is 4.02. The van der Waals surface area contributed by atoms with Gasteiger partial charge in [0.2, 0.25) is 0 Å². The van der Waals surface area contributed by atoms with Crippen LogP contribution in [0.1, 0.15) is 18.5 Å². The summed E-state index contributed by atoms with van der Waals surface area (Å²) >= 11 is 5.64. The highest BCUT2D eigenvalue weighted by Crippen LogP contribution is 2.22. The monoisotopic (exact) mass is 265 g/mol. The van der Waals surface area contributed by atoms with Gasteiger partial charge in [0.05, 0.1) is 11.1 Å². The van der Waals surface area contributed by atoms with Gasteiger partial charge in [0.15, 0.2) is 11.6 Å². The molecule has 0 aliphatic heterocycles. The first kappa shape index (κ1) is 12.6. The third-order valence-electron chi connectivity index (χ3n) is 2.60. The Labute approximate surface area is 110 Å². The van der Waals surface area contributed by atoms with Gasteiger partial charge in [-0.05, 0) is 30.7 Å². The maximum atomic E-state index is 13.6. The van der Waals surface area contributed by atoms with Gasteiger partial charge in [-0.25, -0.2) is 9.37 Å². The number of hydrogen-bond donors (Lipinski definition) is 2. The van der Waals surface area contributed by atoms with E-state index in [4.69, 9.17) is 17.3 Å². The van der Waals surface area contributed by atoms with Crippen LogP contribution in [0.25, 0.3) is 0 Å². The van der Waals surface area contributed by atoms with Crippen molar-refractivity contribution in [1.82, 2.24) is 4.98 Å². The van der Waals surface area contributed by atoms with Crippen LogP contribution in [0.3, 0.4) is 0 Å². The predicted molar refractivity (Wildman–Crippen MR) is 72.1 cm³/mol. The van der Waals surface area contributed by atoms with Crippen LogP contribution in [0.5, 0.6) is 0 Å². The van der Waals surface area contributed by atoms with Crippen LogP contribution in [0.15, 0.2) is 36.5 Å². The fraction of sp³-hybridized carbons (Fsp3) is 0.154. The van der Waals surface area contributed by atoms with Crippen molar-refractivity contribution >= 4 is 23.1 Å². The fourth-order valence-corrected chi connectivity index (χ4v) is 1.74. The van der Waals surface area contributed by atoms with Gasteiger partial charge < -0.3 is 11.1 Å². The summed E-state index contributed by atoms with van der Waals surface area (Å²) in [6.07, 6.45) is 1.41. The molecule has 94 valence electrons. The van der Waals surface area contributed by atoms with Crippen molar-refractivity contribution in [3.05, 3.63) is 52.9 Å². The minimum atomic E-state index is -0.468. The molecular formula is C13H13ClFN3. The molecule has 0 bridgehead atoms. The average molecular weight is 266 g/mol. The number of aromatic nitrogens is 1. The summed E-state index contributed by atoms with van der Waals surface area (Å²) in [5.41, 5.74) is 7.31. The number of nitrogens with two attached hydrogens (primary N) is 1. The molecule has 0 spiro atoms. The summed E-state index contributed by atoms with van der Waals surface area (Å²) in [7, 11) is 0. The number of anilines is 2. The molecular weight excluding hydrogens is 253 g/mol. The molecule has 3 N–H and O–H groups in total. The summed E-state index contributed by atoms with van der Waals surface area (Å²) in [5.74, 6) is -0.284. The zero-order valence-corrected chi connectivity index (χ0v) is 10.6. The van der Waals surface area contributed by atoms with E-state index in [2.05, 4.69) is 10.3 Å². The Morgan fingerprint density at radius 3 is 2.61 bits per heavy atom.